The summed E-state index contributed by atoms with van der Waals surface area (Å²) < 4.78 is 108. The standard InChI is InChI=1S/C92H148O46/c1-13-35(3)47(126-54(102)23-40(98)22-48(36(4)14-2)127-82-64(111)60(107)50(29-94)128-82)21-39(97)24-55(103)131-71-57(104)37(5)124-84(74(71)136-81-66(113)62(109)69(38(6)125-81)132-80-68(115)70(46(101)31-122-80)133-86-76(116)92(120,33-96)34-123-86)138-78(119)42-26-87(7,8)25-41-43-15-16-52-88(9)19-18-53(89(10,32-95)51(88)17-20-90(52,11)91(43,12)27-44(99)56(41)42)130-85-75(137-83-65(112)61(108)59(106)49(28-93)129-83)72(67(114)73(135-85)77(117)118)134-79-63(110)58(105)45(100)30-121-79/h15,32,35-42,44-53,56-76,79-86,93-94,96-101,104-116,120H,13-14,16-31,33-34H2,1-12H3,(H,117,118)/t35?,36?,37-,38-,39?,40?,41+,42+,44+,45+,46+,47?,48?,49+,50-,51+,52?,53-,56?,57+,58-,59-,60-,61-,62-,63+,64+,65+,66+,67-,68+,69-,70-,71+,72-,73-,74-,75+,76-,79+,80+,81-,82?,83-,84+,85+,86+,88-,89?,90+,91+,92+/m0/s1. The van der Waals surface area contributed by atoms with Crippen LogP contribution in [-0.2, 0) is 109 Å². The van der Waals surface area contributed by atoms with Gasteiger partial charge in [-0.2, -0.15) is 0 Å². The summed E-state index contributed by atoms with van der Waals surface area (Å²) in [5.74, 6) is -8.95. The van der Waals surface area contributed by atoms with E-state index in [1.165, 1.54) is 13.8 Å². The van der Waals surface area contributed by atoms with Crippen LogP contribution in [0, 0.1) is 68.5 Å². The SMILES string of the molecule is CCC(C)C(CC(O)CC(=O)O[C@@H]1[C@H](O)[C@H](C)O[C@H](OC(=O)[C@@H]2CC(C)(C)C[C@@H]3C4=CCC5[C@@]6(C)CC[C@H](O[C@@H]7O[C@H](C(=O)O)[C@@H](O)[C@H](O[C@H]8OC[C@@H](O)[C@H](O)[C@H]8O)[C@H]7O[C@@H]7O[C@H](CO)[C@H](O)[C@H](O)[C@H]7O)C(C)(C=O)[C@@H]6CC[C@@]5(C)[C@]4(C)C[C@@H](O)C32)[C@H]1O[C@@H]1O[C@@H](C)[C@H](O[C@H]2OC[C@@H](O)[C@H](O[C@H]3OC[C@](O)(CO)[C@H]3O)[C@H]2O)[C@@H](O)[C@H]1O)OC(=O)CC(O)CC(OC1O[C@@H](CO)[C@H](O)[C@H]1O)C(C)CC. The van der Waals surface area contributed by atoms with Gasteiger partial charge in [0, 0.05) is 18.8 Å². The maximum absolute atomic E-state index is 15.9. The average molecular weight is 1990 g/mol. The molecular weight excluding hydrogens is 1840 g/mol. The van der Waals surface area contributed by atoms with Crippen molar-refractivity contribution in [1.29, 1.82) is 0 Å². The first-order valence-electron chi connectivity index (χ1n) is 48.3. The fourth-order valence-corrected chi connectivity index (χ4v) is 24.3. The van der Waals surface area contributed by atoms with Crippen LogP contribution < -0.4 is 0 Å². The molecule has 0 bridgehead atoms. The van der Waals surface area contributed by atoms with Crippen LogP contribution in [0.15, 0.2) is 11.6 Å². The largest absolute Gasteiger partial charge is 0.479 e. The quantitative estimate of drug-likeness (QED) is 0.00924. The lowest BCUT2D eigenvalue weighted by atomic mass is 9.34. The zero-order valence-electron chi connectivity index (χ0n) is 79.6. The Morgan fingerprint density at radius 1 is 0.507 bits per heavy atom. The number of aliphatic hydroxyl groups excluding tert-OH is 21. The third-order valence-electron chi connectivity index (χ3n) is 33.0. The third kappa shape index (κ3) is 21.9. The number of allylic oxidation sites excluding steroid dienone is 2. The minimum absolute atomic E-state index is 0.0638. The Morgan fingerprint density at radius 2 is 1.06 bits per heavy atom. The number of aldehydes is 1. The first-order valence-corrected chi connectivity index (χ1v) is 48.3. The summed E-state index contributed by atoms with van der Waals surface area (Å²) in [5.41, 5.74) is -5.66. The molecule has 0 aromatic carbocycles. The highest BCUT2D eigenvalue weighted by Crippen LogP contribution is 2.75. The fourth-order valence-electron chi connectivity index (χ4n) is 24.3. The van der Waals surface area contributed by atoms with Crippen LogP contribution in [0.1, 0.15) is 173 Å². The van der Waals surface area contributed by atoms with Gasteiger partial charge in [-0.15, -0.1) is 0 Å². The van der Waals surface area contributed by atoms with Crippen molar-refractivity contribution in [2.45, 2.75) is 424 Å². The molecule has 23 N–H and O–H groups in total. The summed E-state index contributed by atoms with van der Waals surface area (Å²) >= 11 is 0. The molecule has 0 aromatic rings. The number of carbonyl (C=O) groups excluding carboxylic acids is 4. The molecule has 0 aromatic heterocycles. The number of aliphatic hydroxyl groups is 22. The van der Waals surface area contributed by atoms with Gasteiger partial charge in [0.2, 0.25) is 6.29 Å². The fraction of sp³-hybridized carbons (Fsp3) is 0.924. The molecule has 8 heterocycles. The zero-order chi connectivity index (χ0) is 101. The van der Waals surface area contributed by atoms with Gasteiger partial charge in [-0.3, -0.25) is 14.4 Å². The number of hydrogen-bond acceptors (Lipinski definition) is 45. The van der Waals surface area contributed by atoms with Gasteiger partial charge in [-0.1, -0.05) is 93.7 Å². The van der Waals surface area contributed by atoms with Crippen molar-refractivity contribution in [1.82, 2.24) is 0 Å². The summed E-state index contributed by atoms with van der Waals surface area (Å²) in [4.78, 5) is 71.9. The van der Waals surface area contributed by atoms with Gasteiger partial charge in [0.1, 0.15) is 146 Å². The maximum atomic E-state index is 15.9. The van der Waals surface area contributed by atoms with Crippen molar-refractivity contribution in [2.75, 3.05) is 39.6 Å². The molecule has 0 amide bonds. The van der Waals surface area contributed by atoms with E-state index in [0.717, 1.165) is 11.9 Å². The molecule has 4 saturated carbocycles. The van der Waals surface area contributed by atoms with Crippen molar-refractivity contribution >= 4 is 30.2 Å². The molecule has 52 atom stereocenters. The Kier molecular flexibility index (Phi) is 35.8. The molecule has 13 rings (SSSR count). The molecule has 12 fully saturated rings. The number of ether oxygens (including phenoxy) is 18. The van der Waals surface area contributed by atoms with Gasteiger partial charge in [0.25, 0.3) is 0 Å². The van der Waals surface area contributed by atoms with Crippen LogP contribution in [0.2, 0.25) is 0 Å². The molecule has 13 aliphatic rings. The number of esters is 3. The monoisotopic (exact) mass is 1990 g/mol. The smallest absolute Gasteiger partial charge is 0.335 e. The maximum Gasteiger partial charge on any atom is 0.335 e. The number of rotatable bonds is 35. The lowest BCUT2D eigenvalue weighted by Crippen LogP contribution is -2.69. The van der Waals surface area contributed by atoms with E-state index in [4.69, 9.17) is 85.3 Å². The number of carboxylic acid groups (broad SMARTS) is 1. The molecule has 46 heteroatoms. The number of fused-ring (bicyclic) bond motifs is 7. The van der Waals surface area contributed by atoms with Crippen molar-refractivity contribution < 1.29 is 227 Å². The number of hydrogen-bond donors (Lipinski definition) is 23. The van der Waals surface area contributed by atoms with Crippen LogP contribution >= 0.6 is 0 Å². The predicted molar refractivity (Wildman–Crippen MR) is 458 cm³/mol. The van der Waals surface area contributed by atoms with Gasteiger partial charge in [-0.05, 0) is 116 Å². The number of carboxylic acids is 1. The highest BCUT2D eigenvalue weighted by Gasteiger charge is 2.72. The van der Waals surface area contributed by atoms with Crippen LogP contribution in [0.5, 0.6) is 0 Å². The normalized spacial score (nSPS) is 48.7. The zero-order valence-corrected chi connectivity index (χ0v) is 79.6. The van der Waals surface area contributed by atoms with Gasteiger partial charge >= 0.3 is 23.9 Å². The van der Waals surface area contributed by atoms with Crippen LogP contribution in [0.25, 0.3) is 0 Å². The number of aliphatic carboxylic acids is 1. The molecule has 46 nitrogen and oxygen atoms in total. The molecule has 5 aliphatic carbocycles. The van der Waals surface area contributed by atoms with Crippen LogP contribution in [0.4, 0.5) is 0 Å². The first-order chi connectivity index (χ1) is 64.8. The van der Waals surface area contributed by atoms with Gasteiger partial charge in [0.15, 0.2) is 62.3 Å². The molecule has 138 heavy (non-hydrogen) atoms. The molecule has 10 unspecified atom stereocenters. The Balaban J connectivity index is 0.742. The lowest BCUT2D eigenvalue weighted by molar-refractivity contribution is -0.391. The second-order valence-electron chi connectivity index (χ2n) is 42.6. The van der Waals surface area contributed by atoms with E-state index in [2.05, 4.69) is 26.8 Å². The van der Waals surface area contributed by atoms with Crippen molar-refractivity contribution in [3.63, 3.8) is 0 Å². The Labute approximate surface area is 797 Å². The Morgan fingerprint density at radius 3 is 1.68 bits per heavy atom. The van der Waals surface area contributed by atoms with E-state index in [9.17, 15) is 137 Å². The number of carbonyl (C=O) groups is 5. The van der Waals surface area contributed by atoms with E-state index >= 15 is 4.79 Å². The van der Waals surface area contributed by atoms with E-state index < -0.39 is 391 Å². The van der Waals surface area contributed by atoms with E-state index in [-0.39, 0.29) is 37.5 Å². The topological polar surface area (TPSA) is 717 Å². The Bertz CT molecular complexity index is 4080. The highest BCUT2D eigenvalue weighted by molar-refractivity contribution is 5.74. The third-order valence-corrected chi connectivity index (χ3v) is 33.0. The summed E-state index contributed by atoms with van der Waals surface area (Å²) in [6.07, 6.45) is -65.8. The van der Waals surface area contributed by atoms with Gasteiger partial charge in [-0.25, -0.2) is 4.79 Å². The van der Waals surface area contributed by atoms with Crippen molar-refractivity contribution in [3.8, 4) is 0 Å². The molecule has 792 valence electrons. The average Bonchev–Trinajstić information content (AvgIpc) is 0.761. The van der Waals surface area contributed by atoms with Crippen LogP contribution in [-0.4, -0.2) is 439 Å². The summed E-state index contributed by atoms with van der Waals surface area (Å²) in [5, 5.41) is 255. The predicted octanol–water partition coefficient (Wildman–Crippen LogP) is -5.83. The van der Waals surface area contributed by atoms with Crippen molar-refractivity contribution in [3.05, 3.63) is 11.6 Å². The van der Waals surface area contributed by atoms with Crippen LogP contribution in [0.3, 0.4) is 0 Å². The van der Waals surface area contributed by atoms with E-state index in [0.29, 0.717) is 44.9 Å². The second kappa shape index (κ2) is 44.5. The van der Waals surface area contributed by atoms with Crippen molar-refractivity contribution in [2.24, 2.45) is 68.5 Å². The highest BCUT2D eigenvalue weighted by atomic mass is 16.8. The molecule has 0 radical (unpaired) electrons. The lowest BCUT2D eigenvalue weighted by Gasteiger charge is -2.71. The summed E-state index contributed by atoms with van der Waals surface area (Å²) in [7, 11) is 0. The molecule has 8 aliphatic heterocycles. The summed E-state index contributed by atoms with van der Waals surface area (Å²) in [6.45, 7) is 17.5. The molecule has 0 spiro atoms. The first kappa shape index (κ1) is 111. The van der Waals surface area contributed by atoms with Gasteiger partial charge in [0.05, 0.1) is 107 Å². The molecule has 8 saturated heterocycles. The van der Waals surface area contributed by atoms with E-state index in [1.807, 2.05) is 20.8 Å². The summed E-state index contributed by atoms with van der Waals surface area (Å²) in [6, 6.07) is 0. The second-order valence-corrected chi connectivity index (χ2v) is 42.6. The van der Waals surface area contributed by atoms with Gasteiger partial charge < -0.3 is 208 Å². The minimum atomic E-state index is -2.26. The van der Waals surface area contributed by atoms with E-state index in [1.54, 1.807) is 27.7 Å². The minimum Gasteiger partial charge on any atom is -0.479 e. The Hall–Kier alpha value is -4.19. The molecular formula is C92H148O46.